The van der Waals surface area contributed by atoms with Gasteiger partial charge >= 0.3 is 5.69 Å². The molecule has 1 atom stereocenters. The zero-order chi connectivity index (χ0) is 14.1. The van der Waals surface area contributed by atoms with Crippen LogP contribution in [0.5, 0.6) is 0 Å². The molecule has 1 aromatic heterocycles. The van der Waals surface area contributed by atoms with Crippen LogP contribution in [0.1, 0.15) is 19.8 Å². The lowest BCUT2D eigenvalue weighted by molar-refractivity contribution is -0.120. The van der Waals surface area contributed by atoms with Gasteiger partial charge < -0.3 is 15.3 Å². The predicted molar refractivity (Wildman–Crippen MR) is 77.8 cm³/mol. The van der Waals surface area contributed by atoms with E-state index in [4.69, 9.17) is 0 Å². The average Bonchev–Trinajstić information content (AvgIpc) is 3.05. The number of likely N-dealkylation sites (tertiary alicyclic amines) is 1. The minimum absolute atomic E-state index is 0.0101. The molecule has 1 aromatic carbocycles. The molecule has 2 aromatic rings. The third-order valence-corrected chi connectivity index (χ3v) is 3.85. The molecular weight excluding hydrogens is 256 g/mol. The molecule has 3 rings (SSSR count). The summed E-state index contributed by atoms with van der Waals surface area (Å²) in [5.41, 5.74) is 1.89. The summed E-state index contributed by atoms with van der Waals surface area (Å²) < 4.78 is 0. The van der Waals surface area contributed by atoms with Crippen molar-refractivity contribution in [2.24, 2.45) is 0 Å². The summed E-state index contributed by atoms with van der Waals surface area (Å²) in [5.74, 6) is -0.0101. The van der Waals surface area contributed by atoms with Gasteiger partial charge in [0.15, 0.2) is 0 Å². The highest BCUT2D eigenvalue weighted by Crippen LogP contribution is 2.17. The Bertz CT molecular complexity index is 682. The number of anilines is 1. The van der Waals surface area contributed by atoms with Crippen LogP contribution in [-0.2, 0) is 4.79 Å². The molecule has 1 fully saturated rings. The zero-order valence-electron chi connectivity index (χ0n) is 11.4. The molecule has 3 N–H and O–H groups in total. The largest absolute Gasteiger partial charge is 0.325 e. The molecule has 0 spiro atoms. The van der Waals surface area contributed by atoms with Crippen molar-refractivity contribution >= 4 is 22.6 Å². The molecule has 1 aliphatic heterocycles. The minimum Gasteiger partial charge on any atom is -0.325 e. The first-order valence-corrected chi connectivity index (χ1v) is 6.90. The van der Waals surface area contributed by atoms with E-state index in [9.17, 15) is 9.59 Å². The summed E-state index contributed by atoms with van der Waals surface area (Å²) >= 11 is 0. The number of carbonyl (C=O) groups is 1. The number of benzene rings is 1. The number of fused-ring (bicyclic) bond motifs is 1. The first kappa shape index (κ1) is 12.9. The molecule has 2 heterocycles. The van der Waals surface area contributed by atoms with E-state index in [1.54, 1.807) is 18.2 Å². The van der Waals surface area contributed by atoms with Gasteiger partial charge in [0.1, 0.15) is 0 Å². The zero-order valence-corrected chi connectivity index (χ0v) is 11.4. The van der Waals surface area contributed by atoms with Crippen molar-refractivity contribution in [3.05, 3.63) is 28.7 Å². The molecule has 0 saturated carbocycles. The number of hydrogen-bond acceptors (Lipinski definition) is 3. The minimum atomic E-state index is -0.242. The van der Waals surface area contributed by atoms with Crippen LogP contribution in [0.2, 0.25) is 0 Å². The molecule has 1 saturated heterocycles. The van der Waals surface area contributed by atoms with Gasteiger partial charge in [-0.15, -0.1) is 0 Å². The van der Waals surface area contributed by atoms with Crippen LogP contribution >= 0.6 is 0 Å². The van der Waals surface area contributed by atoms with E-state index in [0.717, 1.165) is 31.4 Å². The van der Waals surface area contributed by atoms with Gasteiger partial charge in [-0.3, -0.25) is 9.69 Å². The van der Waals surface area contributed by atoms with E-state index >= 15 is 0 Å². The van der Waals surface area contributed by atoms with Gasteiger partial charge in [-0.2, -0.15) is 0 Å². The molecule has 0 aliphatic carbocycles. The molecule has 1 aliphatic rings. The van der Waals surface area contributed by atoms with Crippen LogP contribution in [0, 0.1) is 0 Å². The maximum atomic E-state index is 12.2. The third-order valence-electron chi connectivity index (χ3n) is 3.85. The van der Waals surface area contributed by atoms with E-state index in [-0.39, 0.29) is 17.6 Å². The number of carbonyl (C=O) groups excluding carboxylic acids is 1. The summed E-state index contributed by atoms with van der Waals surface area (Å²) in [6.45, 7) is 3.90. The lowest BCUT2D eigenvalue weighted by atomic mass is 10.2. The van der Waals surface area contributed by atoms with Gasteiger partial charge in [0, 0.05) is 5.69 Å². The number of aromatic amines is 2. The fourth-order valence-corrected chi connectivity index (χ4v) is 2.65. The van der Waals surface area contributed by atoms with Gasteiger partial charge in [-0.1, -0.05) is 0 Å². The number of nitrogens with zero attached hydrogens (tertiary/aromatic N) is 1. The molecule has 6 heteroatoms. The van der Waals surface area contributed by atoms with Crippen molar-refractivity contribution < 1.29 is 4.79 Å². The molecule has 0 bridgehead atoms. The second-order valence-electron chi connectivity index (χ2n) is 5.25. The second-order valence-corrected chi connectivity index (χ2v) is 5.25. The van der Waals surface area contributed by atoms with Crippen molar-refractivity contribution in [2.75, 3.05) is 18.4 Å². The normalized spacial score (nSPS) is 17.4. The fraction of sp³-hybridized carbons (Fsp3) is 0.429. The highest BCUT2D eigenvalue weighted by Gasteiger charge is 2.23. The van der Waals surface area contributed by atoms with Crippen molar-refractivity contribution in [1.29, 1.82) is 0 Å². The topological polar surface area (TPSA) is 81.0 Å². The lowest BCUT2D eigenvalue weighted by Crippen LogP contribution is -2.40. The number of imidazole rings is 1. The van der Waals surface area contributed by atoms with Crippen molar-refractivity contribution in [1.82, 2.24) is 14.9 Å². The highest BCUT2D eigenvalue weighted by molar-refractivity contribution is 5.96. The Hall–Kier alpha value is -2.08. The molecule has 1 amide bonds. The van der Waals surface area contributed by atoms with Crippen LogP contribution in [-0.4, -0.2) is 39.9 Å². The molecule has 20 heavy (non-hydrogen) atoms. The Morgan fingerprint density at radius 3 is 2.70 bits per heavy atom. The number of hydrogen-bond donors (Lipinski definition) is 3. The summed E-state index contributed by atoms with van der Waals surface area (Å²) in [7, 11) is 0. The van der Waals surface area contributed by atoms with Crippen LogP contribution < -0.4 is 11.0 Å². The maximum Gasteiger partial charge on any atom is 0.323 e. The Balaban J connectivity index is 1.74. The standard InChI is InChI=1S/C14H18N4O2/c1-9(18-6-2-3-7-18)13(19)15-10-4-5-11-12(8-10)17-14(20)16-11/h4-5,8-9H,2-3,6-7H2,1H3,(H,15,19)(H2,16,17,20)/t9-/m1/s1. The molecular formula is C14H18N4O2. The van der Waals surface area contributed by atoms with Crippen molar-refractivity contribution in [2.45, 2.75) is 25.8 Å². The average molecular weight is 274 g/mol. The number of rotatable bonds is 3. The van der Waals surface area contributed by atoms with Crippen molar-refractivity contribution in [3.63, 3.8) is 0 Å². The number of aromatic nitrogens is 2. The van der Waals surface area contributed by atoms with Crippen LogP contribution in [0.3, 0.4) is 0 Å². The van der Waals surface area contributed by atoms with Gasteiger partial charge in [-0.25, -0.2) is 4.79 Å². The van der Waals surface area contributed by atoms with Crippen LogP contribution in [0.25, 0.3) is 11.0 Å². The Kier molecular flexibility index (Phi) is 3.31. The SMILES string of the molecule is C[C@H](C(=O)Nc1ccc2[nH]c(=O)[nH]c2c1)N1CCCC1. The molecule has 106 valence electrons. The number of nitrogens with one attached hydrogen (secondary N) is 3. The Labute approximate surface area is 116 Å². The van der Waals surface area contributed by atoms with Gasteiger partial charge in [0.05, 0.1) is 17.1 Å². The molecule has 0 radical (unpaired) electrons. The first-order valence-electron chi connectivity index (χ1n) is 6.90. The van der Waals surface area contributed by atoms with Crippen molar-refractivity contribution in [3.8, 4) is 0 Å². The van der Waals surface area contributed by atoms with E-state index in [0.29, 0.717) is 11.2 Å². The second kappa shape index (κ2) is 5.13. The molecule has 0 unspecified atom stereocenters. The highest BCUT2D eigenvalue weighted by atomic mass is 16.2. The third kappa shape index (κ3) is 2.46. The van der Waals surface area contributed by atoms with E-state index < -0.39 is 0 Å². The Morgan fingerprint density at radius 2 is 1.95 bits per heavy atom. The fourth-order valence-electron chi connectivity index (χ4n) is 2.65. The number of amides is 1. The summed E-state index contributed by atoms with van der Waals surface area (Å²) in [6.07, 6.45) is 2.32. The van der Waals surface area contributed by atoms with E-state index in [2.05, 4.69) is 20.2 Å². The van der Waals surface area contributed by atoms with E-state index in [1.165, 1.54) is 0 Å². The van der Waals surface area contributed by atoms with Gasteiger partial charge in [0.25, 0.3) is 0 Å². The molecule has 6 nitrogen and oxygen atoms in total. The summed E-state index contributed by atoms with van der Waals surface area (Å²) in [6, 6.07) is 5.21. The summed E-state index contributed by atoms with van der Waals surface area (Å²) in [5, 5.41) is 2.90. The maximum absolute atomic E-state index is 12.2. The van der Waals surface area contributed by atoms with Gasteiger partial charge in [0.2, 0.25) is 5.91 Å². The van der Waals surface area contributed by atoms with Crippen LogP contribution in [0.4, 0.5) is 5.69 Å². The first-order chi connectivity index (χ1) is 9.63. The van der Waals surface area contributed by atoms with Gasteiger partial charge in [-0.05, 0) is 51.1 Å². The van der Waals surface area contributed by atoms with Crippen LogP contribution in [0.15, 0.2) is 23.0 Å². The summed E-state index contributed by atoms with van der Waals surface area (Å²) in [4.78, 5) is 31.0. The monoisotopic (exact) mass is 274 g/mol. The smallest absolute Gasteiger partial charge is 0.323 e. The Morgan fingerprint density at radius 1 is 1.25 bits per heavy atom. The lowest BCUT2D eigenvalue weighted by Gasteiger charge is -2.22. The number of H-pyrrole nitrogens is 2. The predicted octanol–water partition coefficient (Wildman–Crippen LogP) is 1.28. The van der Waals surface area contributed by atoms with E-state index in [1.807, 2.05) is 6.92 Å². The quantitative estimate of drug-likeness (QED) is 0.788.